The van der Waals surface area contributed by atoms with Crippen LogP contribution >= 0.6 is 0 Å². The van der Waals surface area contributed by atoms with E-state index in [0.717, 1.165) is 12.5 Å². The van der Waals surface area contributed by atoms with E-state index in [4.69, 9.17) is 4.74 Å². The minimum absolute atomic E-state index is 0.194. The molecule has 2 aliphatic rings. The Hall–Kier alpha value is -1.53. The van der Waals surface area contributed by atoms with E-state index in [0.29, 0.717) is 32.6 Å². The second-order valence-corrected chi connectivity index (χ2v) is 6.41. The number of alkyl halides is 1. The Balaban J connectivity index is 1.83. The first-order chi connectivity index (χ1) is 9.90. The first kappa shape index (κ1) is 15.9. The number of amides is 1. The monoisotopic (exact) mass is 300 g/mol. The van der Waals surface area contributed by atoms with E-state index in [9.17, 15) is 9.18 Å². The molecule has 2 rings (SSSR count). The van der Waals surface area contributed by atoms with Crippen molar-refractivity contribution in [2.75, 3.05) is 39.4 Å². The molecule has 0 unspecified atom stereocenters. The maximum absolute atomic E-state index is 12.1. The van der Waals surface area contributed by atoms with Crippen molar-refractivity contribution in [3.63, 3.8) is 0 Å². The van der Waals surface area contributed by atoms with Gasteiger partial charge in [-0.25, -0.2) is 4.79 Å². The van der Waals surface area contributed by atoms with Crippen molar-refractivity contribution in [1.29, 1.82) is 0 Å². The number of nitrogens with one attached hydrogen (secondary N) is 1. The molecule has 6 nitrogen and oxygen atoms in total. The summed E-state index contributed by atoms with van der Waals surface area (Å²) in [4.78, 5) is 20.4. The van der Waals surface area contributed by atoms with E-state index in [-0.39, 0.29) is 18.8 Å². The highest BCUT2D eigenvalue weighted by Gasteiger charge is 2.36. The van der Waals surface area contributed by atoms with Crippen LogP contribution in [0.3, 0.4) is 0 Å². The SMILES string of the molecule is CC(C)(C)OC(=O)N1CCN2C(NCCCF)=NC[C@H]2C1. The zero-order valence-corrected chi connectivity index (χ0v) is 13.1. The highest BCUT2D eigenvalue weighted by molar-refractivity contribution is 5.82. The number of carbonyl (C=O) groups is 1. The van der Waals surface area contributed by atoms with Crippen molar-refractivity contribution in [3.05, 3.63) is 0 Å². The highest BCUT2D eigenvalue weighted by Crippen LogP contribution is 2.18. The Morgan fingerprint density at radius 3 is 2.90 bits per heavy atom. The third-order valence-corrected chi connectivity index (χ3v) is 3.45. The van der Waals surface area contributed by atoms with Gasteiger partial charge in [0.15, 0.2) is 5.96 Å². The minimum atomic E-state index is -0.473. The molecule has 21 heavy (non-hydrogen) atoms. The molecule has 2 aliphatic heterocycles. The molecule has 0 aromatic heterocycles. The fraction of sp³-hybridized carbons (Fsp3) is 0.857. The van der Waals surface area contributed by atoms with Gasteiger partial charge in [-0.2, -0.15) is 0 Å². The van der Waals surface area contributed by atoms with E-state index in [1.807, 2.05) is 20.8 Å². The number of ether oxygens (including phenoxy) is 1. The summed E-state index contributed by atoms with van der Waals surface area (Å²) in [5.74, 6) is 0.831. The Bertz CT molecular complexity index is 408. The number of hydrogen-bond donors (Lipinski definition) is 1. The summed E-state index contributed by atoms with van der Waals surface area (Å²) in [6, 6.07) is 0.194. The number of guanidine groups is 1. The predicted molar refractivity (Wildman–Crippen MR) is 79.2 cm³/mol. The lowest BCUT2D eigenvalue weighted by atomic mass is 10.2. The summed E-state index contributed by atoms with van der Waals surface area (Å²) in [6.07, 6.45) is 0.225. The van der Waals surface area contributed by atoms with Crippen LogP contribution < -0.4 is 5.32 Å². The molecule has 1 N–H and O–H groups in total. The second-order valence-electron chi connectivity index (χ2n) is 6.41. The van der Waals surface area contributed by atoms with E-state index in [1.165, 1.54) is 0 Å². The van der Waals surface area contributed by atoms with E-state index in [1.54, 1.807) is 4.90 Å². The molecule has 0 bridgehead atoms. The predicted octanol–water partition coefficient (Wildman–Crippen LogP) is 1.23. The Labute approximate surface area is 125 Å². The molecular weight excluding hydrogens is 275 g/mol. The van der Waals surface area contributed by atoms with Crippen molar-refractivity contribution < 1.29 is 13.9 Å². The van der Waals surface area contributed by atoms with Crippen LogP contribution in [0.4, 0.5) is 9.18 Å². The van der Waals surface area contributed by atoms with E-state index in [2.05, 4.69) is 15.2 Å². The fourth-order valence-electron chi connectivity index (χ4n) is 2.49. The molecule has 2 heterocycles. The number of carbonyl (C=O) groups excluding carboxylic acids is 1. The van der Waals surface area contributed by atoms with Crippen LogP contribution in [0.15, 0.2) is 4.99 Å². The van der Waals surface area contributed by atoms with Gasteiger partial charge in [-0.1, -0.05) is 0 Å². The Kier molecular flexibility index (Phi) is 4.90. The van der Waals surface area contributed by atoms with Crippen molar-refractivity contribution >= 4 is 12.1 Å². The van der Waals surface area contributed by atoms with Crippen LogP contribution in [0.5, 0.6) is 0 Å². The summed E-state index contributed by atoms with van der Waals surface area (Å²) in [5.41, 5.74) is -0.473. The third kappa shape index (κ3) is 4.22. The molecular formula is C14H25FN4O2. The Morgan fingerprint density at radius 2 is 2.24 bits per heavy atom. The quantitative estimate of drug-likeness (QED) is 0.797. The van der Waals surface area contributed by atoms with E-state index < -0.39 is 5.60 Å². The molecule has 120 valence electrons. The lowest BCUT2D eigenvalue weighted by molar-refractivity contribution is 0.0137. The first-order valence-electron chi connectivity index (χ1n) is 7.49. The summed E-state index contributed by atoms with van der Waals surface area (Å²) in [7, 11) is 0. The van der Waals surface area contributed by atoms with Crippen LogP contribution in [-0.4, -0.2) is 72.9 Å². The van der Waals surface area contributed by atoms with E-state index >= 15 is 0 Å². The number of fused-ring (bicyclic) bond motifs is 1. The average molecular weight is 300 g/mol. The highest BCUT2D eigenvalue weighted by atomic mass is 19.1. The summed E-state index contributed by atoms with van der Waals surface area (Å²) < 4.78 is 17.5. The van der Waals surface area contributed by atoms with Crippen molar-refractivity contribution in [2.45, 2.75) is 38.8 Å². The van der Waals surface area contributed by atoms with Crippen LogP contribution in [0, 0.1) is 0 Å². The standard InChI is InChI=1S/C14H25FN4O2/c1-14(2,3)21-13(20)18-7-8-19-11(10-18)9-17-12(19)16-6-4-5-15/h11H,4-10H2,1-3H3,(H,16,17)/t11-/m0/s1. The number of hydrogen-bond acceptors (Lipinski definition) is 5. The smallest absolute Gasteiger partial charge is 0.410 e. The van der Waals surface area contributed by atoms with Gasteiger partial charge < -0.3 is 19.9 Å². The zero-order valence-electron chi connectivity index (χ0n) is 13.1. The van der Waals surface area contributed by atoms with Gasteiger partial charge in [0.1, 0.15) is 5.60 Å². The Morgan fingerprint density at radius 1 is 1.48 bits per heavy atom. The molecule has 1 fully saturated rings. The van der Waals surface area contributed by atoms with Crippen LogP contribution in [0.2, 0.25) is 0 Å². The van der Waals surface area contributed by atoms with Crippen LogP contribution in [0.25, 0.3) is 0 Å². The van der Waals surface area contributed by atoms with Crippen molar-refractivity contribution in [1.82, 2.24) is 15.1 Å². The van der Waals surface area contributed by atoms with Gasteiger partial charge in [-0.3, -0.25) is 9.38 Å². The summed E-state index contributed by atoms with van der Waals surface area (Å²) in [5, 5.41) is 3.17. The minimum Gasteiger partial charge on any atom is -0.444 e. The molecule has 0 radical (unpaired) electrons. The van der Waals surface area contributed by atoms with Crippen molar-refractivity contribution in [3.8, 4) is 0 Å². The number of piperazine rings is 1. The molecule has 7 heteroatoms. The van der Waals surface area contributed by atoms with Gasteiger partial charge in [0.2, 0.25) is 0 Å². The first-order valence-corrected chi connectivity index (χ1v) is 7.49. The van der Waals surface area contributed by atoms with Crippen LogP contribution in [0.1, 0.15) is 27.2 Å². The number of halogens is 1. The zero-order chi connectivity index (χ0) is 15.5. The van der Waals surface area contributed by atoms with Crippen LogP contribution in [-0.2, 0) is 4.74 Å². The molecule has 0 aromatic carbocycles. The lowest BCUT2D eigenvalue weighted by Gasteiger charge is -2.39. The maximum Gasteiger partial charge on any atom is 0.410 e. The summed E-state index contributed by atoms with van der Waals surface area (Å²) >= 11 is 0. The second kappa shape index (κ2) is 6.49. The largest absolute Gasteiger partial charge is 0.444 e. The number of aliphatic imine (C=N–C) groups is 1. The van der Waals surface area contributed by atoms with Gasteiger partial charge >= 0.3 is 6.09 Å². The summed E-state index contributed by atoms with van der Waals surface area (Å²) in [6.45, 7) is 8.50. The van der Waals surface area contributed by atoms with Gasteiger partial charge in [-0.05, 0) is 27.2 Å². The number of nitrogens with zero attached hydrogens (tertiary/aromatic N) is 3. The third-order valence-electron chi connectivity index (χ3n) is 3.45. The van der Waals surface area contributed by atoms with Gasteiger partial charge in [0.25, 0.3) is 0 Å². The van der Waals surface area contributed by atoms with Crippen molar-refractivity contribution in [2.24, 2.45) is 4.99 Å². The van der Waals surface area contributed by atoms with Gasteiger partial charge in [0, 0.05) is 26.2 Å². The maximum atomic E-state index is 12.1. The normalized spacial score (nSPS) is 21.9. The van der Waals surface area contributed by atoms with Gasteiger partial charge in [0.05, 0.1) is 19.3 Å². The molecule has 1 amide bonds. The number of rotatable bonds is 3. The molecule has 1 saturated heterocycles. The molecule has 0 spiro atoms. The van der Waals surface area contributed by atoms with Gasteiger partial charge in [-0.15, -0.1) is 0 Å². The molecule has 1 atom stereocenters. The average Bonchev–Trinajstić information content (AvgIpc) is 2.80. The topological polar surface area (TPSA) is 57.2 Å². The fourth-order valence-corrected chi connectivity index (χ4v) is 2.49. The molecule has 0 aromatic rings. The molecule has 0 aliphatic carbocycles. The lowest BCUT2D eigenvalue weighted by Crippen LogP contribution is -2.57. The molecule has 0 saturated carbocycles.